The standard InChI is InChI=1S/C20H24N2O4/c1-4-21-18(23)12-25-17-10-6-9-16(11-17)22-19(24)13-26-20-14(2)7-5-8-15(20)3/h5-11H,4,12-13H2,1-3H3,(H,21,23)(H,22,24). The van der Waals surface area contributed by atoms with E-state index in [-0.39, 0.29) is 25.0 Å². The Morgan fingerprint density at radius 1 is 0.923 bits per heavy atom. The summed E-state index contributed by atoms with van der Waals surface area (Å²) >= 11 is 0. The van der Waals surface area contributed by atoms with Crippen LogP contribution in [0.5, 0.6) is 11.5 Å². The maximum absolute atomic E-state index is 12.1. The maximum atomic E-state index is 12.1. The van der Waals surface area contributed by atoms with Crippen LogP contribution in [0.4, 0.5) is 5.69 Å². The van der Waals surface area contributed by atoms with E-state index in [1.165, 1.54) is 0 Å². The van der Waals surface area contributed by atoms with Crippen molar-refractivity contribution >= 4 is 17.5 Å². The van der Waals surface area contributed by atoms with E-state index in [0.717, 1.165) is 16.9 Å². The van der Waals surface area contributed by atoms with Crippen molar-refractivity contribution in [2.75, 3.05) is 25.1 Å². The molecule has 0 unspecified atom stereocenters. The van der Waals surface area contributed by atoms with Crippen molar-refractivity contribution in [2.24, 2.45) is 0 Å². The summed E-state index contributed by atoms with van der Waals surface area (Å²) in [4.78, 5) is 23.6. The van der Waals surface area contributed by atoms with E-state index < -0.39 is 0 Å². The van der Waals surface area contributed by atoms with Gasteiger partial charge in [0.15, 0.2) is 13.2 Å². The molecule has 0 aliphatic carbocycles. The minimum absolute atomic E-state index is 0.0685. The van der Waals surface area contributed by atoms with Crippen LogP contribution in [0.25, 0.3) is 0 Å². The van der Waals surface area contributed by atoms with Crippen LogP contribution in [-0.4, -0.2) is 31.6 Å². The van der Waals surface area contributed by atoms with Crippen molar-refractivity contribution < 1.29 is 19.1 Å². The molecule has 0 radical (unpaired) electrons. The highest BCUT2D eigenvalue weighted by Gasteiger charge is 2.08. The lowest BCUT2D eigenvalue weighted by Crippen LogP contribution is -2.28. The number of para-hydroxylation sites is 1. The second-order valence-corrected chi connectivity index (χ2v) is 5.83. The Labute approximate surface area is 153 Å². The molecule has 2 N–H and O–H groups in total. The molecule has 0 saturated carbocycles. The molecule has 138 valence electrons. The van der Waals surface area contributed by atoms with Gasteiger partial charge in [-0.1, -0.05) is 24.3 Å². The average molecular weight is 356 g/mol. The number of aryl methyl sites for hydroxylation is 2. The third-order valence-corrected chi connectivity index (χ3v) is 3.62. The first-order chi connectivity index (χ1) is 12.5. The average Bonchev–Trinajstić information content (AvgIpc) is 2.60. The van der Waals surface area contributed by atoms with Gasteiger partial charge in [0.2, 0.25) is 0 Å². The number of ether oxygens (including phenoxy) is 2. The van der Waals surface area contributed by atoms with Crippen molar-refractivity contribution in [1.82, 2.24) is 5.32 Å². The molecule has 2 aromatic carbocycles. The van der Waals surface area contributed by atoms with Crippen molar-refractivity contribution in [1.29, 1.82) is 0 Å². The third-order valence-electron chi connectivity index (χ3n) is 3.62. The Bertz CT molecular complexity index is 754. The molecule has 0 bridgehead atoms. The molecule has 0 atom stereocenters. The van der Waals surface area contributed by atoms with Gasteiger partial charge in [-0.25, -0.2) is 0 Å². The summed E-state index contributed by atoms with van der Waals surface area (Å²) in [7, 11) is 0. The monoisotopic (exact) mass is 356 g/mol. The first-order valence-corrected chi connectivity index (χ1v) is 8.48. The van der Waals surface area contributed by atoms with Crippen LogP contribution >= 0.6 is 0 Å². The molecule has 2 amide bonds. The Morgan fingerprint density at radius 2 is 1.58 bits per heavy atom. The summed E-state index contributed by atoms with van der Waals surface area (Å²) in [6.07, 6.45) is 0. The molecule has 0 heterocycles. The van der Waals surface area contributed by atoms with Crippen LogP contribution in [-0.2, 0) is 9.59 Å². The van der Waals surface area contributed by atoms with Crippen LogP contribution in [0.3, 0.4) is 0 Å². The van der Waals surface area contributed by atoms with E-state index >= 15 is 0 Å². The molecule has 6 nitrogen and oxygen atoms in total. The van der Waals surface area contributed by atoms with E-state index in [9.17, 15) is 9.59 Å². The van der Waals surface area contributed by atoms with E-state index in [0.29, 0.717) is 18.0 Å². The van der Waals surface area contributed by atoms with Crippen molar-refractivity contribution in [2.45, 2.75) is 20.8 Å². The predicted molar refractivity (Wildman–Crippen MR) is 101 cm³/mol. The van der Waals surface area contributed by atoms with Gasteiger partial charge in [0.25, 0.3) is 11.8 Å². The zero-order valence-corrected chi connectivity index (χ0v) is 15.3. The zero-order chi connectivity index (χ0) is 18.9. The molecular weight excluding hydrogens is 332 g/mol. The Balaban J connectivity index is 1.89. The molecule has 0 fully saturated rings. The third kappa shape index (κ3) is 5.81. The van der Waals surface area contributed by atoms with E-state index in [2.05, 4.69) is 10.6 Å². The highest BCUT2D eigenvalue weighted by Crippen LogP contribution is 2.22. The molecular formula is C20H24N2O4. The second kappa shape index (κ2) is 9.46. The molecule has 26 heavy (non-hydrogen) atoms. The molecule has 0 aliphatic heterocycles. The number of amides is 2. The van der Waals surface area contributed by atoms with Gasteiger partial charge in [0.05, 0.1) is 0 Å². The lowest BCUT2D eigenvalue weighted by atomic mass is 10.1. The topological polar surface area (TPSA) is 76.7 Å². The fourth-order valence-electron chi connectivity index (χ4n) is 2.42. The Morgan fingerprint density at radius 3 is 2.27 bits per heavy atom. The number of carbonyl (C=O) groups is 2. The number of benzene rings is 2. The molecule has 0 aromatic heterocycles. The largest absolute Gasteiger partial charge is 0.484 e. The first kappa shape index (κ1) is 19.3. The van der Waals surface area contributed by atoms with Gasteiger partial charge in [-0.05, 0) is 44.0 Å². The summed E-state index contributed by atoms with van der Waals surface area (Å²) < 4.78 is 11.1. The number of carbonyl (C=O) groups excluding carboxylic acids is 2. The molecule has 2 rings (SSSR count). The van der Waals surface area contributed by atoms with Gasteiger partial charge < -0.3 is 20.1 Å². The van der Waals surface area contributed by atoms with Gasteiger partial charge in [0, 0.05) is 18.3 Å². The van der Waals surface area contributed by atoms with E-state index in [1.807, 2.05) is 39.0 Å². The van der Waals surface area contributed by atoms with Crippen molar-refractivity contribution in [3.63, 3.8) is 0 Å². The number of hydrogen-bond acceptors (Lipinski definition) is 4. The number of nitrogens with one attached hydrogen (secondary N) is 2. The minimum Gasteiger partial charge on any atom is -0.484 e. The molecule has 0 aliphatic rings. The predicted octanol–water partition coefficient (Wildman–Crippen LogP) is 2.84. The fraction of sp³-hybridized carbons (Fsp3) is 0.300. The van der Waals surface area contributed by atoms with Crippen molar-refractivity contribution in [3.8, 4) is 11.5 Å². The first-order valence-electron chi connectivity index (χ1n) is 8.48. The number of rotatable bonds is 8. The SMILES string of the molecule is CCNC(=O)COc1cccc(NC(=O)COc2c(C)cccc2C)c1. The lowest BCUT2D eigenvalue weighted by Gasteiger charge is -2.12. The molecule has 6 heteroatoms. The van der Waals surface area contributed by atoms with E-state index in [1.54, 1.807) is 24.3 Å². The smallest absolute Gasteiger partial charge is 0.262 e. The van der Waals surface area contributed by atoms with Crippen LogP contribution in [0.2, 0.25) is 0 Å². The maximum Gasteiger partial charge on any atom is 0.262 e. The number of likely N-dealkylation sites (N-methyl/N-ethyl adjacent to an activating group) is 1. The Hall–Kier alpha value is -3.02. The zero-order valence-electron chi connectivity index (χ0n) is 15.3. The summed E-state index contributed by atoms with van der Waals surface area (Å²) in [6, 6.07) is 12.7. The lowest BCUT2D eigenvalue weighted by molar-refractivity contribution is -0.123. The van der Waals surface area contributed by atoms with Gasteiger partial charge in [-0.2, -0.15) is 0 Å². The van der Waals surface area contributed by atoms with E-state index in [4.69, 9.17) is 9.47 Å². The highest BCUT2D eigenvalue weighted by atomic mass is 16.5. The van der Waals surface area contributed by atoms with Gasteiger partial charge in [-0.15, -0.1) is 0 Å². The van der Waals surface area contributed by atoms with Crippen LogP contribution in [0, 0.1) is 13.8 Å². The summed E-state index contributed by atoms with van der Waals surface area (Å²) in [5, 5.41) is 5.41. The van der Waals surface area contributed by atoms with Gasteiger partial charge in [-0.3, -0.25) is 9.59 Å². The summed E-state index contributed by atoms with van der Waals surface area (Å²) in [5.74, 6) is 0.767. The van der Waals surface area contributed by atoms with Gasteiger partial charge in [0.1, 0.15) is 11.5 Å². The van der Waals surface area contributed by atoms with Crippen LogP contribution in [0.15, 0.2) is 42.5 Å². The fourth-order valence-corrected chi connectivity index (χ4v) is 2.42. The normalized spacial score (nSPS) is 10.1. The van der Waals surface area contributed by atoms with Crippen molar-refractivity contribution in [3.05, 3.63) is 53.6 Å². The molecule has 2 aromatic rings. The van der Waals surface area contributed by atoms with Gasteiger partial charge >= 0.3 is 0 Å². The van der Waals surface area contributed by atoms with Crippen LogP contribution < -0.4 is 20.1 Å². The van der Waals surface area contributed by atoms with Crippen LogP contribution in [0.1, 0.15) is 18.1 Å². The number of anilines is 1. The molecule has 0 saturated heterocycles. The second-order valence-electron chi connectivity index (χ2n) is 5.83. The number of hydrogen-bond donors (Lipinski definition) is 2. The highest BCUT2D eigenvalue weighted by molar-refractivity contribution is 5.92. The molecule has 0 spiro atoms. The summed E-state index contributed by atoms with van der Waals surface area (Å²) in [6.45, 7) is 6.12. The quantitative estimate of drug-likeness (QED) is 0.762. The Kier molecular flexibility index (Phi) is 7.02. The minimum atomic E-state index is -0.270. The summed E-state index contributed by atoms with van der Waals surface area (Å²) in [5.41, 5.74) is 2.55.